The Labute approximate surface area is 109 Å². The average molecular weight is 302 g/mol. The molecule has 1 aromatic carbocycles. The Bertz CT molecular complexity index is 398. The molecule has 1 aliphatic rings. The normalized spacial score (nSPS) is 15.5. The number of ether oxygens (including phenoxy) is 1. The maximum absolute atomic E-state index is 9.23. The maximum Gasteiger partial charge on any atom is 0.127 e. The van der Waals surface area contributed by atoms with Crippen LogP contribution < -0.4 is 10.1 Å². The highest BCUT2D eigenvalue weighted by atomic mass is 79.9. The highest BCUT2D eigenvalue weighted by Gasteiger charge is 2.17. The fourth-order valence-electron chi connectivity index (χ4n) is 1.92. The molecular weight excluding hydrogens is 286 g/mol. The molecule has 0 aromatic heterocycles. The van der Waals surface area contributed by atoms with Crippen molar-refractivity contribution < 1.29 is 14.9 Å². The fourth-order valence-corrected chi connectivity index (χ4v) is 2.47. The Balaban J connectivity index is 2.01. The van der Waals surface area contributed by atoms with E-state index in [1.807, 2.05) is 6.07 Å². The van der Waals surface area contributed by atoms with Crippen molar-refractivity contribution >= 4 is 15.9 Å². The maximum atomic E-state index is 9.23. The van der Waals surface area contributed by atoms with Crippen LogP contribution in [0, 0.1) is 0 Å². The van der Waals surface area contributed by atoms with Gasteiger partial charge in [-0.15, -0.1) is 0 Å². The van der Waals surface area contributed by atoms with Crippen LogP contribution >= 0.6 is 15.9 Å². The van der Waals surface area contributed by atoms with E-state index in [0.29, 0.717) is 13.1 Å². The first-order valence-corrected chi connectivity index (χ1v) is 6.43. The van der Waals surface area contributed by atoms with E-state index < -0.39 is 6.10 Å². The number of nitrogens with one attached hydrogen (secondary N) is 1. The summed E-state index contributed by atoms with van der Waals surface area (Å²) >= 11 is 3.48. The van der Waals surface area contributed by atoms with Gasteiger partial charge in [-0.05, 0) is 17.7 Å². The number of hydrogen-bond acceptors (Lipinski definition) is 4. The molecule has 0 bridgehead atoms. The molecule has 3 N–H and O–H groups in total. The van der Waals surface area contributed by atoms with Crippen molar-refractivity contribution in [2.45, 2.75) is 19.1 Å². The van der Waals surface area contributed by atoms with Crippen molar-refractivity contribution in [2.75, 3.05) is 19.8 Å². The van der Waals surface area contributed by atoms with E-state index in [-0.39, 0.29) is 6.61 Å². The summed E-state index contributed by atoms with van der Waals surface area (Å²) in [6.07, 6.45) is 0.234. The van der Waals surface area contributed by atoms with E-state index in [9.17, 15) is 5.11 Å². The van der Waals surface area contributed by atoms with Gasteiger partial charge in [0.2, 0.25) is 0 Å². The number of fused-ring (bicyclic) bond motifs is 1. The lowest BCUT2D eigenvalue weighted by atomic mass is 10.1. The van der Waals surface area contributed by atoms with Crippen LogP contribution in [0.15, 0.2) is 16.6 Å². The van der Waals surface area contributed by atoms with Gasteiger partial charge in [0, 0.05) is 29.5 Å². The third kappa shape index (κ3) is 3.19. The lowest BCUT2D eigenvalue weighted by molar-refractivity contribution is 0.0942. The van der Waals surface area contributed by atoms with Crippen LogP contribution in [0.2, 0.25) is 0 Å². The Morgan fingerprint density at radius 1 is 1.47 bits per heavy atom. The van der Waals surface area contributed by atoms with Crippen LogP contribution in [-0.2, 0) is 13.0 Å². The van der Waals surface area contributed by atoms with Gasteiger partial charge in [0.25, 0.3) is 0 Å². The molecule has 0 amide bonds. The molecule has 1 heterocycles. The molecular formula is C12H16BrNO3. The topological polar surface area (TPSA) is 61.7 Å². The second-order valence-electron chi connectivity index (χ2n) is 4.12. The molecule has 1 unspecified atom stereocenters. The van der Waals surface area contributed by atoms with Gasteiger partial charge >= 0.3 is 0 Å². The molecule has 1 aromatic rings. The van der Waals surface area contributed by atoms with Crippen molar-refractivity contribution in [3.8, 4) is 5.75 Å². The molecule has 94 valence electrons. The van der Waals surface area contributed by atoms with Gasteiger partial charge in [0.1, 0.15) is 5.75 Å². The summed E-state index contributed by atoms with van der Waals surface area (Å²) in [5.41, 5.74) is 2.30. The fraction of sp³-hybridized carbons (Fsp3) is 0.500. The smallest absolute Gasteiger partial charge is 0.127 e. The van der Waals surface area contributed by atoms with Crippen LogP contribution in [-0.4, -0.2) is 36.1 Å². The molecule has 0 aliphatic carbocycles. The van der Waals surface area contributed by atoms with Gasteiger partial charge in [0.15, 0.2) is 0 Å². The molecule has 0 saturated carbocycles. The highest BCUT2D eigenvalue weighted by molar-refractivity contribution is 9.10. The Morgan fingerprint density at radius 3 is 3.06 bits per heavy atom. The highest BCUT2D eigenvalue weighted by Crippen LogP contribution is 2.32. The summed E-state index contributed by atoms with van der Waals surface area (Å²) in [6.45, 7) is 1.51. The van der Waals surface area contributed by atoms with Gasteiger partial charge in [-0.3, -0.25) is 0 Å². The Hall–Kier alpha value is -0.620. The summed E-state index contributed by atoms with van der Waals surface area (Å²) in [7, 11) is 0. The van der Waals surface area contributed by atoms with Crippen molar-refractivity contribution in [3.05, 3.63) is 27.7 Å². The minimum absolute atomic E-state index is 0.222. The molecule has 4 nitrogen and oxygen atoms in total. The lowest BCUT2D eigenvalue weighted by Gasteiger charge is -2.12. The summed E-state index contributed by atoms with van der Waals surface area (Å²) in [4.78, 5) is 0. The molecule has 1 aliphatic heterocycles. The number of rotatable bonds is 5. The van der Waals surface area contributed by atoms with Gasteiger partial charge in [-0.25, -0.2) is 0 Å². The molecule has 0 saturated heterocycles. The first kappa shape index (κ1) is 12.8. The average Bonchev–Trinajstić information content (AvgIpc) is 2.76. The minimum atomic E-state index is -0.712. The van der Waals surface area contributed by atoms with Crippen LogP contribution in [0.4, 0.5) is 0 Å². The Kier molecular flexibility index (Phi) is 4.39. The quantitative estimate of drug-likeness (QED) is 0.754. The largest absolute Gasteiger partial charge is 0.493 e. The van der Waals surface area contributed by atoms with Gasteiger partial charge in [0.05, 0.1) is 19.3 Å². The zero-order chi connectivity index (χ0) is 12.3. The number of hydrogen-bond donors (Lipinski definition) is 3. The van der Waals surface area contributed by atoms with E-state index in [2.05, 4.69) is 27.3 Å². The Morgan fingerprint density at radius 2 is 2.29 bits per heavy atom. The van der Waals surface area contributed by atoms with Crippen molar-refractivity contribution in [1.82, 2.24) is 5.32 Å². The predicted octanol–water partition coefficient (Wildman–Crippen LogP) is 0.827. The second kappa shape index (κ2) is 5.82. The first-order valence-electron chi connectivity index (χ1n) is 5.64. The van der Waals surface area contributed by atoms with Crippen molar-refractivity contribution in [2.24, 2.45) is 0 Å². The summed E-state index contributed by atoms with van der Waals surface area (Å²) in [5.74, 6) is 0.958. The third-order valence-corrected chi connectivity index (χ3v) is 3.19. The molecule has 5 heteroatoms. The zero-order valence-electron chi connectivity index (χ0n) is 9.45. The van der Waals surface area contributed by atoms with Crippen LogP contribution in [0.25, 0.3) is 0 Å². The van der Waals surface area contributed by atoms with E-state index in [1.54, 1.807) is 0 Å². The van der Waals surface area contributed by atoms with Crippen LogP contribution in [0.3, 0.4) is 0 Å². The summed E-state index contributed by atoms with van der Waals surface area (Å²) in [6, 6.07) is 4.09. The van der Waals surface area contributed by atoms with E-state index >= 15 is 0 Å². The number of halogens is 1. The summed E-state index contributed by atoms with van der Waals surface area (Å²) in [5, 5.41) is 21.0. The first-order chi connectivity index (χ1) is 8.20. The van der Waals surface area contributed by atoms with E-state index in [4.69, 9.17) is 9.84 Å². The predicted molar refractivity (Wildman–Crippen MR) is 68.1 cm³/mol. The zero-order valence-corrected chi connectivity index (χ0v) is 11.0. The standard InChI is InChI=1S/C12H16BrNO3/c13-10-3-8-1-2-17-12(8)9(4-10)5-14-6-11(16)7-15/h3-4,11,14-16H,1-2,5-7H2. The molecule has 2 rings (SSSR count). The second-order valence-corrected chi connectivity index (χ2v) is 5.03. The molecule has 17 heavy (non-hydrogen) atoms. The summed E-state index contributed by atoms with van der Waals surface area (Å²) < 4.78 is 6.64. The van der Waals surface area contributed by atoms with Crippen molar-refractivity contribution in [3.63, 3.8) is 0 Å². The SMILES string of the molecule is OCC(O)CNCc1cc(Br)cc2c1OCC2. The minimum Gasteiger partial charge on any atom is -0.493 e. The van der Waals surface area contributed by atoms with Crippen molar-refractivity contribution in [1.29, 1.82) is 0 Å². The van der Waals surface area contributed by atoms with Gasteiger partial charge in [-0.1, -0.05) is 15.9 Å². The number of aliphatic hydroxyl groups is 2. The van der Waals surface area contributed by atoms with Crippen LogP contribution in [0.5, 0.6) is 5.75 Å². The molecule has 1 atom stereocenters. The number of aliphatic hydroxyl groups excluding tert-OH is 2. The van der Waals surface area contributed by atoms with Crippen LogP contribution in [0.1, 0.15) is 11.1 Å². The molecule has 0 fully saturated rings. The molecule has 0 radical (unpaired) electrons. The van der Waals surface area contributed by atoms with Gasteiger partial charge in [-0.2, -0.15) is 0 Å². The third-order valence-electron chi connectivity index (χ3n) is 2.73. The van der Waals surface area contributed by atoms with E-state index in [0.717, 1.165) is 28.8 Å². The number of benzene rings is 1. The lowest BCUT2D eigenvalue weighted by Crippen LogP contribution is -2.29. The monoisotopic (exact) mass is 301 g/mol. The molecule has 0 spiro atoms. The van der Waals surface area contributed by atoms with Gasteiger partial charge < -0.3 is 20.3 Å². The van der Waals surface area contributed by atoms with E-state index in [1.165, 1.54) is 5.56 Å².